The van der Waals surface area contributed by atoms with Crippen molar-refractivity contribution in [1.29, 1.82) is 0 Å². The molecular formula is C14H18ClN3O. The van der Waals surface area contributed by atoms with E-state index in [1.165, 1.54) is 25.8 Å². The molecule has 102 valence electrons. The summed E-state index contributed by atoms with van der Waals surface area (Å²) in [4.78, 5) is 18.7. The fourth-order valence-electron chi connectivity index (χ4n) is 3.22. The maximum atomic E-state index is 12.2. The molecule has 3 heterocycles. The molecule has 0 aliphatic carbocycles. The van der Waals surface area contributed by atoms with Crippen LogP contribution in [0.15, 0.2) is 18.3 Å². The van der Waals surface area contributed by atoms with Gasteiger partial charge in [-0.05, 0) is 37.9 Å². The third-order valence-corrected chi connectivity index (χ3v) is 4.48. The summed E-state index contributed by atoms with van der Waals surface area (Å²) in [5.41, 5.74) is 0.471. The number of nitrogens with zero attached hydrogens (tertiary/aromatic N) is 2. The molecule has 2 atom stereocenters. The van der Waals surface area contributed by atoms with Crippen molar-refractivity contribution in [3.8, 4) is 0 Å². The number of rotatable bonds is 2. The van der Waals surface area contributed by atoms with Crippen LogP contribution in [0.2, 0.25) is 5.15 Å². The number of halogens is 1. The first-order valence-corrected chi connectivity index (χ1v) is 7.29. The standard InChI is InChI=1S/C14H18ClN3O/c15-13-10(4-3-7-16-13)14(19)17-11-6-9-18-8-2-1-5-12(11)18/h3-4,7,11-12H,1-2,5-6,8-9H2,(H,17,19). The fraction of sp³-hybridized carbons (Fsp3) is 0.571. The van der Waals surface area contributed by atoms with Crippen molar-refractivity contribution in [2.24, 2.45) is 0 Å². The van der Waals surface area contributed by atoms with Gasteiger partial charge in [0.2, 0.25) is 0 Å². The second-order valence-corrected chi connectivity index (χ2v) is 5.67. The van der Waals surface area contributed by atoms with Crippen LogP contribution in [0.3, 0.4) is 0 Å². The van der Waals surface area contributed by atoms with Crippen LogP contribution in [-0.2, 0) is 0 Å². The van der Waals surface area contributed by atoms with Crippen LogP contribution in [0.25, 0.3) is 0 Å². The number of piperidine rings is 1. The highest BCUT2D eigenvalue weighted by molar-refractivity contribution is 6.32. The summed E-state index contributed by atoms with van der Waals surface area (Å²) in [6, 6.07) is 4.22. The molecule has 3 rings (SSSR count). The number of carbonyl (C=O) groups excluding carboxylic acids is 1. The number of hydrogen-bond donors (Lipinski definition) is 1. The van der Waals surface area contributed by atoms with E-state index < -0.39 is 0 Å². The molecule has 0 aromatic carbocycles. The molecule has 1 N–H and O–H groups in total. The average Bonchev–Trinajstić information content (AvgIpc) is 2.83. The zero-order valence-electron chi connectivity index (χ0n) is 10.8. The quantitative estimate of drug-likeness (QED) is 0.843. The predicted octanol–water partition coefficient (Wildman–Crippen LogP) is 2.09. The number of pyridine rings is 1. The Morgan fingerprint density at radius 1 is 1.37 bits per heavy atom. The highest BCUT2D eigenvalue weighted by Gasteiger charge is 2.36. The molecule has 2 unspecified atom stereocenters. The van der Waals surface area contributed by atoms with Crippen molar-refractivity contribution in [2.45, 2.75) is 37.8 Å². The number of nitrogens with one attached hydrogen (secondary N) is 1. The lowest BCUT2D eigenvalue weighted by Gasteiger charge is -2.32. The lowest BCUT2D eigenvalue weighted by atomic mass is 9.99. The van der Waals surface area contributed by atoms with E-state index in [9.17, 15) is 4.79 Å². The molecule has 0 radical (unpaired) electrons. The van der Waals surface area contributed by atoms with Crippen molar-refractivity contribution < 1.29 is 4.79 Å². The van der Waals surface area contributed by atoms with E-state index >= 15 is 0 Å². The van der Waals surface area contributed by atoms with Gasteiger partial charge in [-0.3, -0.25) is 9.69 Å². The van der Waals surface area contributed by atoms with Crippen LogP contribution in [-0.4, -0.2) is 41.0 Å². The van der Waals surface area contributed by atoms with E-state index in [-0.39, 0.29) is 17.1 Å². The molecule has 4 nitrogen and oxygen atoms in total. The number of hydrogen-bond acceptors (Lipinski definition) is 3. The summed E-state index contributed by atoms with van der Waals surface area (Å²) >= 11 is 5.96. The molecule has 1 aromatic heterocycles. The zero-order chi connectivity index (χ0) is 13.2. The molecule has 1 aromatic rings. The molecule has 1 amide bonds. The fourth-order valence-corrected chi connectivity index (χ4v) is 3.42. The van der Waals surface area contributed by atoms with Crippen molar-refractivity contribution in [3.05, 3.63) is 29.0 Å². The van der Waals surface area contributed by atoms with Gasteiger partial charge in [-0.25, -0.2) is 4.98 Å². The Kier molecular flexibility index (Phi) is 3.71. The largest absolute Gasteiger partial charge is 0.348 e. The van der Waals surface area contributed by atoms with Crippen molar-refractivity contribution in [2.75, 3.05) is 13.1 Å². The van der Waals surface area contributed by atoms with Gasteiger partial charge < -0.3 is 5.32 Å². The van der Waals surface area contributed by atoms with Crippen LogP contribution < -0.4 is 5.32 Å². The summed E-state index contributed by atoms with van der Waals surface area (Å²) in [6.45, 7) is 2.26. The van der Waals surface area contributed by atoms with Gasteiger partial charge in [0.05, 0.1) is 5.56 Å². The highest BCUT2D eigenvalue weighted by Crippen LogP contribution is 2.27. The summed E-state index contributed by atoms with van der Waals surface area (Å²) < 4.78 is 0. The topological polar surface area (TPSA) is 45.2 Å². The molecule has 0 spiro atoms. The number of fused-ring (bicyclic) bond motifs is 1. The minimum Gasteiger partial charge on any atom is -0.348 e. The molecule has 2 fully saturated rings. The van der Waals surface area contributed by atoms with Crippen LogP contribution >= 0.6 is 11.6 Å². The third-order valence-electron chi connectivity index (χ3n) is 4.18. The predicted molar refractivity (Wildman–Crippen MR) is 74.3 cm³/mol. The van der Waals surface area contributed by atoms with Gasteiger partial charge in [0.25, 0.3) is 5.91 Å². The Labute approximate surface area is 118 Å². The maximum Gasteiger partial charge on any atom is 0.254 e. The van der Waals surface area contributed by atoms with Crippen LogP contribution in [0.4, 0.5) is 0 Å². The van der Waals surface area contributed by atoms with Gasteiger partial charge in [-0.1, -0.05) is 18.0 Å². The number of carbonyl (C=O) groups is 1. The summed E-state index contributed by atoms with van der Waals surface area (Å²) in [5, 5.41) is 3.41. The minimum atomic E-state index is -0.101. The van der Waals surface area contributed by atoms with Crippen LogP contribution in [0.1, 0.15) is 36.0 Å². The van der Waals surface area contributed by atoms with E-state index in [4.69, 9.17) is 11.6 Å². The Bertz CT molecular complexity index is 480. The first kappa shape index (κ1) is 12.9. The minimum absolute atomic E-state index is 0.101. The smallest absolute Gasteiger partial charge is 0.254 e. The Morgan fingerprint density at radius 2 is 2.26 bits per heavy atom. The number of amides is 1. The van der Waals surface area contributed by atoms with Gasteiger partial charge in [-0.15, -0.1) is 0 Å². The highest BCUT2D eigenvalue weighted by atomic mass is 35.5. The van der Waals surface area contributed by atoms with Crippen molar-refractivity contribution in [1.82, 2.24) is 15.2 Å². The maximum absolute atomic E-state index is 12.2. The monoisotopic (exact) mass is 279 g/mol. The van der Waals surface area contributed by atoms with Crippen molar-refractivity contribution >= 4 is 17.5 Å². The number of aromatic nitrogens is 1. The SMILES string of the molecule is O=C(NC1CCN2CCCCC12)c1cccnc1Cl. The van der Waals surface area contributed by atoms with Crippen LogP contribution in [0.5, 0.6) is 0 Å². The molecule has 2 aliphatic heterocycles. The van der Waals surface area contributed by atoms with E-state index in [0.29, 0.717) is 11.6 Å². The van der Waals surface area contributed by atoms with E-state index in [0.717, 1.165) is 13.0 Å². The zero-order valence-corrected chi connectivity index (χ0v) is 11.6. The lowest BCUT2D eigenvalue weighted by Crippen LogP contribution is -2.46. The van der Waals surface area contributed by atoms with Gasteiger partial charge in [-0.2, -0.15) is 0 Å². The molecular weight excluding hydrogens is 262 g/mol. The lowest BCUT2D eigenvalue weighted by molar-refractivity contribution is 0.0915. The molecule has 2 saturated heterocycles. The van der Waals surface area contributed by atoms with E-state index in [1.54, 1.807) is 18.3 Å². The second-order valence-electron chi connectivity index (χ2n) is 5.31. The average molecular weight is 280 g/mol. The van der Waals surface area contributed by atoms with Crippen LogP contribution in [0, 0.1) is 0 Å². The van der Waals surface area contributed by atoms with Gasteiger partial charge in [0, 0.05) is 24.8 Å². The Hall–Kier alpha value is -1.13. The van der Waals surface area contributed by atoms with E-state index in [2.05, 4.69) is 15.2 Å². The van der Waals surface area contributed by atoms with Gasteiger partial charge in [0.15, 0.2) is 0 Å². The van der Waals surface area contributed by atoms with Gasteiger partial charge >= 0.3 is 0 Å². The normalized spacial score (nSPS) is 27.0. The molecule has 0 bridgehead atoms. The first-order chi connectivity index (χ1) is 9.25. The van der Waals surface area contributed by atoms with E-state index in [1.807, 2.05) is 0 Å². The molecule has 19 heavy (non-hydrogen) atoms. The summed E-state index contributed by atoms with van der Waals surface area (Å²) in [7, 11) is 0. The summed E-state index contributed by atoms with van der Waals surface area (Å²) in [6.07, 6.45) is 6.37. The molecule has 0 saturated carbocycles. The molecule has 2 aliphatic rings. The van der Waals surface area contributed by atoms with Crippen molar-refractivity contribution in [3.63, 3.8) is 0 Å². The third kappa shape index (κ3) is 2.60. The first-order valence-electron chi connectivity index (χ1n) is 6.91. The Balaban J connectivity index is 1.68. The van der Waals surface area contributed by atoms with Gasteiger partial charge in [0.1, 0.15) is 5.15 Å². The Morgan fingerprint density at radius 3 is 3.11 bits per heavy atom. The molecule has 5 heteroatoms. The second kappa shape index (κ2) is 5.47. The summed E-state index contributed by atoms with van der Waals surface area (Å²) in [5.74, 6) is -0.101.